The SMILES string of the molecule is OC[C@H]1O[C@H](OCl)C[C@@H]1O. The minimum atomic E-state index is -0.672. The molecule has 10 heavy (non-hydrogen) atoms. The van der Waals surface area contributed by atoms with Crippen LogP contribution in [0.5, 0.6) is 0 Å². The smallest absolute Gasteiger partial charge is 0.180 e. The van der Waals surface area contributed by atoms with Crippen molar-refractivity contribution in [3.63, 3.8) is 0 Å². The lowest BCUT2D eigenvalue weighted by atomic mass is 10.2. The second-order valence-corrected chi connectivity index (χ2v) is 2.36. The molecule has 5 heteroatoms. The quantitative estimate of drug-likeness (QED) is 0.591. The molecule has 60 valence electrons. The summed E-state index contributed by atoms with van der Waals surface area (Å²) in [4.78, 5) is 0. The van der Waals surface area contributed by atoms with E-state index in [1.807, 2.05) is 0 Å². The molecule has 0 aromatic heterocycles. The highest BCUT2D eigenvalue weighted by atomic mass is 35.5. The average Bonchev–Trinajstić information content (AvgIpc) is 2.30. The van der Waals surface area contributed by atoms with Gasteiger partial charge in [-0.25, -0.2) is 4.29 Å². The number of rotatable bonds is 2. The largest absolute Gasteiger partial charge is 0.394 e. The zero-order valence-corrected chi connectivity index (χ0v) is 5.99. The Balaban J connectivity index is 2.36. The molecule has 1 rings (SSSR count). The number of ether oxygens (including phenoxy) is 1. The van der Waals surface area contributed by atoms with Crippen molar-refractivity contribution in [1.29, 1.82) is 0 Å². The van der Waals surface area contributed by atoms with Gasteiger partial charge in [0.2, 0.25) is 0 Å². The van der Waals surface area contributed by atoms with E-state index in [0.29, 0.717) is 6.42 Å². The number of hydrogen-bond donors (Lipinski definition) is 2. The molecule has 1 heterocycles. The van der Waals surface area contributed by atoms with Crippen molar-refractivity contribution in [2.75, 3.05) is 6.61 Å². The van der Waals surface area contributed by atoms with Crippen molar-refractivity contribution < 1.29 is 19.2 Å². The van der Waals surface area contributed by atoms with Crippen LogP contribution >= 0.6 is 11.9 Å². The summed E-state index contributed by atoms with van der Waals surface area (Å²) in [6.45, 7) is -0.210. The predicted octanol–water partition coefficient (Wildman–Crippen LogP) is -0.375. The Morgan fingerprint density at radius 2 is 2.40 bits per heavy atom. The number of hydrogen-bond acceptors (Lipinski definition) is 4. The van der Waals surface area contributed by atoms with Crippen LogP contribution in [0.1, 0.15) is 6.42 Å². The van der Waals surface area contributed by atoms with Gasteiger partial charge in [0.05, 0.1) is 24.6 Å². The molecule has 1 fully saturated rings. The Labute approximate surface area is 63.5 Å². The van der Waals surface area contributed by atoms with Crippen molar-refractivity contribution >= 4 is 11.9 Å². The molecule has 0 saturated carbocycles. The molecular weight excluding hydrogens is 160 g/mol. The second kappa shape index (κ2) is 3.50. The summed E-state index contributed by atoms with van der Waals surface area (Å²) in [7, 11) is 0. The molecule has 0 aromatic carbocycles. The molecule has 0 bridgehead atoms. The highest BCUT2D eigenvalue weighted by Crippen LogP contribution is 2.21. The second-order valence-electron chi connectivity index (χ2n) is 2.18. The lowest BCUT2D eigenvalue weighted by Gasteiger charge is -2.08. The van der Waals surface area contributed by atoms with Gasteiger partial charge < -0.3 is 14.9 Å². The van der Waals surface area contributed by atoms with Gasteiger partial charge in [0, 0.05) is 6.42 Å². The van der Waals surface area contributed by atoms with E-state index < -0.39 is 18.5 Å². The Bertz CT molecular complexity index is 110. The predicted molar refractivity (Wildman–Crippen MR) is 33.3 cm³/mol. The van der Waals surface area contributed by atoms with Crippen molar-refractivity contribution in [3.8, 4) is 0 Å². The summed E-state index contributed by atoms with van der Waals surface area (Å²) in [6, 6.07) is 0. The van der Waals surface area contributed by atoms with Crippen molar-refractivity contribution in [3.05, 3.63) is 0 Å². The van der Waals surface area contributed by atoms with Gasteiger partial charge in [-0.1, -0.05) is 0 Å². The molecule has 0 unspecified atom stereocenters. The first-order chi connectivity index (χ1) is 4.77. The first-order valence-electron chi connectivity index (χ1n) is 2.99. The zero-order valence-electron chi connectivity index (χ0n) is 5.24. The standard InChI is InChI=1S/C5H9ClO4/c6-10-5-1-3(8)4(2-7)9-5/h3-5,7-8H,1-2H2/t3-,4+,5+/m0/s1. The molecular formula is C5H9ClO4. The first kappa shape index (κ1) is 8.23. The summed E-state index contributed by atoms with van der Waals surface area (Å²) in [5, 5.41) is 17.6. The normalized spacial score (nSPS) is 40.5. The van der Waals surface area contributed by atoms with Gasteiger partial charge in [-0.05, 0) is 0 Å². The van der Waals surface area contributed by atoms with Gasteiger partial charge in [0.15, 0.2) is 6.29 Å². The maximum Gasteiger partial charge on any atom is 0.180 e. The molecule has 0 amide bonds. The van der Waals surface area contributed by atoms with Gasteiger partial charge in [-0.2, -0.15) is 0 Å². The van der Waals surface area contributed by atoms with E-state index in [1.165, 1.54) is 0 Å². The molecule has 0 spiro atoms. The Kier molecular flexibility index (Phi) is 2.88. The van der Waals surface area contributed by atoms with Crippen LogP contribution in [-0.2, 0) is 9.03 Å². The fraction of sp³-hybridized carbons (Fsp3) is 1.00. The maximum absolute atomic E-state index is 9.07. The molecule has 1 saturated heterocycles. The van der Waals surface area contributed by atoms with Crippen LogP contribution in [0.4, 0.5) is 0 Å². The fourth-order valence-electron chi connectivity index (χ4n) is 0.912. The van der Waals surface area contributed by atoms with Crippen molar-refractivity contribution in [2.45, 2.75) is 24.9 Å². The van der Waals surface area contributed by atoms with E-state index in [4.69, 9.17) is 26.8 Å². The highest BCUT2D eigenvalue weighted by Gasteiger charge is 2.33. The summed E-state index contributed by atoms with van der Waals surface area (Å²) in [5.41, 5.74) is 0. The van der Waals surface area contributed by atoms with Crippen LogP contribution in [-0.4, -0.2) is 35.3 Å². The van der Waals surface area contributed by atoms with E-state index in [9.17, 15) is 0 Å². The molecule has 0 aliphatic carbocycles. The molecule has 0 radical (unpaired) electrons. The third-order valence-electron chi connectivity index (χ3n) is 1.47. The van der Waals surface area contributed by atoms with E-state index >= 15 is 0 Å². The molecule has 3 atom stereocenters. The molecule has 4 nitrogen and oxygen atoms in total. The van der Waals surface area contributed by atoms with Gasteiger partial charge in [0.25, 0.3) is 0 Å². The summed E-state index contributed by atoms with van der Waals surface area (Å²) >= 11 is 4.98. The number of halogens is 1. The average molecular weight is 169 g/mol. The van der Waals surface area contributed by atoms with E-state index in [1.54, 1.807) is 0 Å². The Morgan fingerprint density at radius 1 is 1.70 bits per heavy atom. The summed E-state index contributed by atoms with van der Waals surface area (Å²) < 4.78 is 9.21. The van der Waals surface area contributed by atoms with E-state index in [2.05, 4.69) is 4.29 Å². The third-order valence-corrected chi connectivity index (χ3v) is 1.67. The molecule has 1 aliphatic rings. The number of aliphatic hydroxyl groups is 2. The molecule has 1 aliphatic heterocycles. The molecule has 0 aromatic rings. The summed E-state index contributed by atoms with van der Waals surface area (Å²) in [5.74, 6) is 0. The van der Waals surface area contributed by atoms with E-state index in [0.717, 1.165) is 0 Å². The Morgan fingerprint density at radius 3 is 2.70 bits per heavy atom. The van der Waals surface area contributed by atoms with Gasteiger partial charge in [0.1, 0.15) is 6.10 Å². The third kappa shape index (κ3) is 1.59. The monoisotopic (exact) mass is 168 g/mol. The molecule has 2 N–H and O–H groups in total. The van der Waals surface area contributed by atoms with Crippen LogP contribution < -0.4 is 0 Å². The highest BCUT2D eigenvalue weighted by molar-refractivity contribution is 6.07. The minimum absolute atomic E-state index is 0.210. The maximum atomic E-state index is 9.07. The fourth-order valence-corrected chi connectivity index (χ4v) is 1.03. The minimum Gasteiger partial charge on any atom is -0.394 e. The topological polar surface area (TPSA) is 58.9 Å². The van der Waals surface area contributed by atoms with Crippen LogP contribution in [0.2, 0.25) is 0 Å². The van der Waals surface area contributed by atoms with Gasteiger partial charge in [-0.3, -0.25) is 0 Å². The first-order valence-corrected chi connectivity index (χ1v) is 3.30. The van der Waals surface area contributed by atoms with Crippen LogP contribution in [0.15, 0.2) is 0 Å². The van der Waals surface area contributed by atoms with Crippen LogP contribution in [0.3, 0.4) is 0 Å². The zero-order chi connectivity index (χ0) is 7.56. The number of aliphatic hydroxyl groups excluding tert-OH is 2. The van der Waals surface area contributed by atoms with Gasteiger partial charge >= 0.3 is 0 Å². The van der Waals surface area contributed by atoms with Crippen molar-refractivity contribution in [1.82, 2.24) is 0 Å². The lowest BCUT2D eigenvalue weighted by Crippen LogP contribution is -2.24. The Hall–Kier alpha value is 0.130. The van der Waals surface area contributed by atoms with Gasteiger partial charge in [-0.15, -0.1) is 0 Å². The van der Waals surface area contributed by atoms with E-state index in [-0.39, 0.29) is 6.61 Å². The van der Waals surface area contributed by atoms with Crippen LogP contribution in [0, 0.1) is 0 Å². The summed E-state index contributed by atoms with van der Waals surface area (Å²) in [6.07, 6.45) is -1.50. The van der Waals surface area contributed by atoms with Crippen LogP contribution in [0.25, 0.3) is 0 Å². The lowest BCUT2D eigenvalue weighted by molar-refractivity contribution is -0.0902. The van der Waals surface area contributed by atoms with Crippen molar-refractivity contribution in [2.24, 2.45) is 0 Å².